The van der Waals surface area contributed by atoms with Gasteiger partial charge in [0.25, 0.3) is 5.91 Å². The maximum absolute atomic E-state index is 12.1. The molecular weight excluding hydrogens is 448 g/mol. The molecule has 3 rings (SSSR count). The molecule has 0 radical (unpaired) electrons. The number of halogens is 1. The average Bonchev–Trinajstić information content (AvgIpc) is 2.70. The number of ether oxygens (including phenoxy) is 3. The number of hydrogen-bond acceptors (Lipinski definition) is 6. The Labute approximate surface area is 175 Å². The first-order valence-electron chi connectivity index (χ1n) is 8.54. The van der Waals surface area contributed by atoms with Crippen molar-refractivity contribution in [3.63, 3.8) is 0 Å². The van der Waals surface area contributed by atoms with Crippen molar-refractivity contribution in [1.82, 2.24) is 10.9 Å². The summed E-state index contributed by atoms with van der Waals surface area (Å²) in [6.45, 7) is 2.64. The molecule has 2 amide bonds. The van der Waals surface area contributed by atoms with Crippen molar-refractivity contribution in [1.29, 1.82) is 0 Å². The van der Waals surface area contributed by atoms with Crippen LogP contribution in [0.5, 0.6) is 17.2 Å². The molecule has 28 heavy (non-hydrogen) atoms. The monoisotopic (exact) mass is 466 g/mol. The summed E-state index contributed by atoms with van der Waals surface area (Å²) < 4.78 is 17.4. The van der Waals surface area contributed by atoms with Crippen molar-refractivity contribution in [3.8, 4) is 17.2 Å². The molecule has 0 aliphatic carbocycles. The van der Waals surface area contributed by atoms with Crippen molar-refractivity contribution in [3.05, 3.63) is 46.9 Å². The summed E-state index contributed by atoms with van der Waals surface area (Å²) in [7, 11) is 0. The van der Waals surface area contributed by atoms with E-state index in [2.05, 4.69) is 26.8 Å². The van der Waals surface area contributed by atoms with E-state index in [-0.39, 0.29) is 11.7 Å². The molecule has 0 fully saturated rings. The Kier molecular flexibility index (Phi) is 7.05. The van der Waals surface area contributed by atoms with Crippen LogP contribution >= 0.6 is 27.7 Å². The van der Waals surface area contributed by atoms with Gasteiger partial charge in [-0.15, -0.1) is 11.8 Å². The second-order valence-corrected chi connectivity index (χ2v) is 7.81. The number of carbonyl (C=O) groups is 2. The highest BCUT2D eigenvalue weighted by atomic mass is 79.9. The fourth-order valence-electron chi connectivity index (χ4n) is 2.33. The van der Waals surface area contributed by atoms with E-state index in [1.165, 1.54) is 11.8 Å². The molecule has 2 aromatic carbocycles. The number of nitrogens with one attached hydrogen (secondary N) is 2. The largest absolute Gasteiger partial charge is 0.486 e. The molecule has 1 aliphatic rings. The summed E-state index contributed by atoms with van der Waals surface area (Å²) in [6, 6.07) is 12.7. The second-order valence-electron chi connectivity index (χ2n) is 5.85. The third kappa shape index (κ3) is 5.80. The average molecular weight is 467 g/mol. The van der Waals surface area contributed by atoms with E-state index in [0.717, 1.165) is 9.37 Å². The highest BCUT2D eigenvalue weighted by Gasteiger charge is 2.16. The minimum absolute atomic E-state index is 0.140. The molecule has 0 bridgehead atoms. The Balaban J connectivity index is 1.41. The maximum atomic E-state index is 12.1. The quantitative estimate of drug-likeness (QED) is 0.502. The second kappa shape index (κ2) is 9.70. The first kappa shape index (κ1) is 20.3. The van der Waals surface area contributed by atoms with Gasteiger partial charge in [0.2, 0.25) is 5.91 Å². The number of rotatable bonds is 6. The lowest BCUT2D eigenvalue weighted by Gasteiger charge is -2.18. The van der Waals surface area contributed by atoms with Gasteiger partial charge in [-0.05, 0) is 43.3 Å². The Morgan fingerprint density at radius 1 is 1.14 bits per heavy atom. The number of benzene rings is 2. The van der Waals surface area contributed by atoms with E-state index >= 15 is 0 Å². The summed E-state index contributed by atoms with van der Waals surface area (Å²) in [5, 5.41) is 0. The standard InChI is InChI=1S/C19H19BrN2O5S/c1-12(27-14-4-2-3-13(20)9-14)19(24)22-21-18(23)11-28-15-5-6-16-17(10-15)26-8-7-25-16/h2-6,9-10,12H,7-8,11H2,1H3,(H,21,23)(H,22,24). The van der Waals surface area contributed by atoms with Crippen molar-refractivity contribution >= 4 is 39.5 Å². The Morgan fingerprint density at radius 3 is 2.71 bits per heavy atom. The predicted molar refractivity (Wildman–Crippen MR) is 109 cm³/mol. The topological polar surface area (TPSA) is 85.9 Å². The fourth-order valence-corrected chi connectivity index (χ4v) is 3.43. The van der Waals surface area contributed by atoms with Crippen molar-refractivity contribution in [2.24, 2.45) is 0 Å². The van der Waals surface area contributed by atoms with Crippen LogP contribution in [0.1, 0.15) is 6.92 Å². The molecule has 1 heterocycles. The normalized spacial score (nSPS) is 13.4. The van der Waals surface area contributed by atoms with Gasteiger partial charge in [-0.3, -0.25) is 20.4 Å². The molecule has 0 spiro atoms. The van der Waals surface area contributed by atoms with E-state index < -0.39 is 12.0 Å². The minimum atomic E-state index is -0.764. The molecule has 7 nitrogen and oxygen atoms in total. The van der Waals surface area contributed by atoms with Gasteiger partial charge in [0.1, 0.15) is 19.0 Å². The number of fused-ring (bicyclic) bond motifs is 1. The van der Waals surface area contributed by atoms with Crippen molar-refractivity contribution in [2.45, 2.75) is 17.9 Å². The van der Waals surface area contributed by atoms with Crippen LogP contribution in [0.3, 0.4) is 0 Å². The lowest BCUT2D eigenvalue weighted by molar-refractivity contribution is -0.131. The SMILES string of the molecule is CC(Oc1cccc(Br)c1)C(=O)NNC(=O)CSc1ccc2c(c1)OCCO2. The van der Waals surface area contributed by atoms with Crippen molar-refractivity contribution < 1.29 is 23.8 Å². The Hall–Kier alpha value is -2.39. The van der Waals surface area contributed by atoms with E-state index in [1.54, 1.807) is 25.1 Å². The Morgan fingerprint density at radius 2 is 1.93 bits per heavy atom. The molecule has 0 saturated carbocycles. The number of hydrogen-bond donors (Lipinski definition) is 2. The molecule has 1 unspecified atom stereocenters. The first-order valence-corrected chi connectivity index (χ1v) is 10.3. The molecule has 0 aromatic heterocycles. The molecule has 2 aromatic rings. The number of hydrazine groups is 1. The maximum Gasteiger partial charge on any atom is 0.279 e. The van der Waals surface area contributed by atoms with Crippen LogP contribution in [0.4, 0.5) is 0 Å². The summed E-state index contributed by atoms with van der Waals surface area (Å²) in [4.78, 5) is 24.9. The number of amides is 2. The summed E-state index contributed by atoms with van der Waals surface area (Å²) in [6.07, 6.45) is -0.764. The molecular formula is C19H19BrN2O5S. The fraction of sp³-hybridized carbons (Fsp3) is 0.263. The number of thioether (sulfide) groups is 1. The van der Waals surface area contributed by atoms with E-state index in [0.29, 0.717) is 30.5 Å². The third-order valence-electron chi connectivity index (χ3n) is 3.69. The highest BCUT2D eigenvalue weighted by molar-refractivity contribution is 9.10. The zero-order chi connectivity index (χ0) is 19.9. The van der Waals surface area contributed by atoms with Crippen LogP contribution in [0.25, 0.3) is 0 Å². The lowest BCUT2D eigenvalue weighted by Crippen LogP contribution is -2.47. The molecule has 1 atom stereocenters. The van der Waals surface area contributed by atoms with E-state index in [1.807, 2.05) is 24.3 Å². The smallest absolute Gasteiger partial charge is 0.279 e. The van der Waals surface area contributed by atoms with Gasteiger partial charge < -0.3 is 14.2 Å². The molecule has 148 valence electrons. The van der Waals surface area contributed by atoms with Gasteiger partial charge in [0.15, 0.2) is 17.6 Å². The van der Waals surface area contributed by atoms with Crippen LogP contribution in [0, 0.1) is 0 Å². The molecule has 9 heteroatoms. The highest BCUT2D eigenvalue weighted by Crippen LogP contribution is 2.34. The van der Waals surface area contributed by atoms with Gasteiger partial charge in [-0.2, -0.15) is 0 Å². The van der Waals surface area contributed by atoms with Crippen LogP contribution in [0.2, 0.25) is 0 Å². The van der Waals surface area contributed by atoms with Crippen LogP contribution < -0.4 is 25.1 Å². The number of carbonyl (C=O) groups excluding carboxylic acids is 2. The van der Waals surface area contributed by atoms with Gasteiger partial charge in [-0.1, -0.05) is 22.0 Å². The van der Waals surface area contributed by atoms with E-state index in [9.17, 15) is 9.59 Å². The van der Waals surface area contributed by atoms with Crippen LogP contribution in [-0.4, -0.2) is 36.9 Å². The lowest BCUT2D eigenvalue weighted by atomic mass is 10.3. The third-order valence-corrected chi connectivity index (χ3v) is 5.17. The van der Waals surface area contributed by atoms with Crippen LogP contribution in [0.15, 0.2) is 51.8 Å². The minimum Gasteiger partial charge on any atom is -0.486 e. The van der Waals surface area contributed by atoms with Crippen LogP contribution in [-0.2, 0) is 9.59 Å². The van der Waals surface area contributed by atoms with Gasteiger partial charge in [0, 0.05) is 9.37 Å². The zero-order valence-electron chi connectivity index (χ0n) is 15.1. The summed E-state index contributed by atoms with van der Waals surface area (Å²) in [5.74, 6) is 1.29. The molecule has 0 saturated heterocycles. The van der Waals surface area contributed by atoms with Gasteiger partial charge >= 0.3 is 0 Å². The molecule has 1 aliphatic heterocycles. The zero-order valence-corrected chi connectivity index (χ0v) is 17.5. The Bertz CT molecular complexity index is 864. The summed E-state index contributed by atoms with van der Waals surface area (Å²) in [5.41, 5.74) is 4.76. The summed E-state index contributed by atoms with van der Waals surface area (Å²) >= 11 is 4.67. The molecule has 2 N–H and O–H groups in total. The van der Waals surface area contributed by atoms with Gasteiger partial charge in [0.05, 0.1) is 5.75 Å². The van der Waals surface area contributed by atoms with Gasteiger partial charge in [-0.25, -0.2) is 0 Å². The predicted octanol–water partition coefficient (Wildman–Crippen LogP) is 2.93. The first-order chi connectivity index (χ1) is 13.5. The van der Waals surface area contributed by atoms with E-state index in [4.69, 9.17) is 14.2 Å². The van der Waals surface area contributed by atoms with Crippen molar-refractivity contribution in [2.75, 3.05) is 19.0 Å².